The molecule has 1 fully saturated rings. The summed E-state index contributed by atoms with van der Waals surface area (Å²) in [6.45, 7) is 0. The highest BCUT2D eigenvalue weighted by molar-refractivity contribution is 5.94. The van der Waals surface area contributed by atoms with Crippen LogP contribution in [0.4, 0.5) is 13.2 Å². The van der Waals surface area contributed by atoms with Crippen LogP contribution in [0.1, 0.15) is 12.0 Å². The van der Waals surface area contributed by atoms with Gasteiger partial charge in [-0.15, -0.1) is 0 Å². The van der Waals surface area contributed by atoms with E-state index in [2.05, 4.69) is 4.74 Å². The molecule has 0 amide bonds. The number of rotatable bonds is 2. The summed E-state index contributed by atoms with van der Waals surface area (Å²) in [6, 6.07) is 1.82. The van der Waals surface area contributed by atoms with E-state index in [1.54, 1.807) is 0 Å². The molecule has 0 aromatic heterocycles. The lowest BCUT2D eigenvalue weighted by Crippen LogP contribution is -2.12. The number of carbonyl (C=O) groups is 2. The zero-order valence-electron chi connectivity index (χ0n) is 8.50. The maximum Gasteiger partial charge on any atom is 0.317 e. The minimum Gasteiger partial charge on any atom is -0.393 e. The Labute approximate surface area is 94.2 Å². The van der Waals surface area contributed by atoms with Crippen LogP contribution in [0, 0.1) is 23.4 Å². The van der Waals surface area contributed by atoms with E-state index in [4.69, 9.17) is 0 Å². The highest BCUT2D eigenvalue weighted by atomic mass is 19.2. The standard InChI is InChI=1S/C11H7F3O3/c12-7-2-1-5(9(13)10(7)14)3-6-4-8(15)17-11(6)16/h1-2,6H,3-4H2. The molecule has 0 aliphatic carbocycles. The fourth-order valence-electron chi connectivity index (χ4n) is 1.67. The van der Waals surface area contributed by atoms with E-state index in [9.17, 15) is 22.8 Å². The second-order valence-corrected chi connectivity index (χ2v) is 3.73. The van der Waals surface area contributed by atoms with Crippen molar-refractivity contribution >= 4 is 11.9 Å². The molecule has 1 aromatic carbocycles. The van der Waals surface area contributed by atoms with Crippen molar-refractivity contribution in [2.75, 3.05) is 0 Å². The van der Waals surface area contributed by atoms with Gasteiger partial charge in [-0.25, -0.2) is 13.2 Å². The number of hydrogen-bond acceptors (Lipinski definition) is 3. The molecule has 1 unspecified atom stereocenters. The minimum absolute atomic E-state index is 0.152. The first kappa shape index (κ1) is 11.6. The molecular weight excluding hydrogens is 237 g/mol. The molecule has 2 rings (SSSR count). The Morgan fingerprint density at radius 1 is 1.18 bits per heavy atom. The Hall–Kier alpha value is -1.85. The van der Waals surface area contributed by atoms with Crippen LogP contribution >= 0.6 is 0 Å². The Balaban J connectivity index is 2.22. The van der Waals surface area contributed by atoms with Gasteiger partial charge in [-0.3, -0.25) is 9.59 Å². The van der Waals surface area contributed by atoms with Crippen molar-refractivity contribution in [2.24, 2.45) is 5.92 Å². The first-order valence-electron chi connectivity index (χ1n) is 4.86. The van der Waals surface area contributed by atoms with E-state index in [-0.39, 0.29) is 18.4 Å². The van der Waals surface area contributed by atoms with Gasteiger partial charge in [0, 0.05) is 0 Å². The average molecular weight is 244 g/mol. The lowest BCUT2D eigenvalue weighted by molar-refractivity contribution is -0.153. The van der Waals surface area contributed by atoms with Crippen LogP contribution in [-0.2, 0) is 20.7 Å². The molecule has 0 N–H and O–H groups in total. The molecule has 6 heteroatoms. The highest BCUT2D eigenvalue weighted by Crippen LogP contribution is 2.24. The van der Waals surface area contributed by atoms with Gasteiger partial charge in [-0.1, -0.05) is 6.07 Å². The smallest absolute Gasteiger partial charge is 0.317 e. The van der Waals surface area contributed by atoms with E-state index in [1.807, 2.05) is 0 Å². The molecule has 0 saturated carbocycles. The van der Waals surface area contributed by atoms with Crippen LogP contribution in [0.3, 0.4) is 0 Å². The van der Waals surface area contributed by atoms with Crippen molar-refractivity contribution in [3.8, 4) is 0 Å². The lowest BCUT2D eigenvalue weighted by Gasteiger charge is -2.06. The summed E-state index contributed by atoms with van der Waals surface area (Å²) >= 11 is 0. The molecular formula is C11H7F3O3. The normalized spacial score (nSPS) is 19.6. The number of cyclic esters (lactones) is 2. The molecule has 0 spiro atoms. The summed E-state index contributed by atoms with van der Waals surface area (Å²) in [5.41, 5.74) is -0.152. The molecule has 1 aromatic rings. The maximum atomic E-state index is 13.3. The Kier molecular flexibility index (Phi) is 2.87. The lowest BCUT2D eigenvalue weighted by atomic mass is 9.97. The maximum absolute atomic E-state index is 13.3. The van der Waals surface area contributed by atoms with Crippen LogP contribution in [0.5, 0.6) is 0 Å². The number of hydrogen-bond donors (Lipinski definition) is 0. The van der Waals surface area contributed by atoms with Crippen LogP contribution in [-0.4, -0.2) is 11.9 Å². The van der Waals surface area contributed by atoms with Crippen molar-refractivity contribution in [1.29, 1.82) is 0 Å². The van der Waals surface area contributed by atoms with Gasteiger partial charge >= 0.3 is 11.9 Å². The predicted octanol–water partition coefficient (Wildman–Crippen LogP) is 1.74. The number of carbonyl (C=O) groups excluding carboxylic acids is 2. The Morgan fingerprint density at radius 3 is 2.47 bits per heavy atom. The molecule has 3 nitrogen and oxygen atoms in total. The zero-order chi connectivity index (χ0) is 12.6. The molecule has 0 radical (unpaired) electrons. The highest BCUT2D eigenvalue weighted by Gasteiger charge is 2.34. The van der Waals surface area contributed by atoms with Gasteiger partial charge in [0.25, 0.3) is 0 Å². The van der Waals surface area contributed by atoms with Gasteiger partial charge < -0.3 is 4.74 Å². The second kappa shape index (κ2) is 4.20. The summed E-state index contributed by atoms with van der Waals surface area (Å²) in [5.74, 6) is -6.50. The summed E-state index contributed by atoms with van der Waals surface area (Å²) in [5, 5.41) is 0. The summed E-state index contributed by atoms with van der Waals surface area (Å²) in [4.78, 5) is 21.9. The van der Waals surface area contributed by atoms with Crippen molar-refractivity contribution in [2.45, 2.75) is 12.8 Å². The third kappa shape index (κ3) is 2.15. The average Bonchev–Trinajstić information content (AvgIpc) is 2.58. The number of esters is 2. The van der Waals surface area contributed by atoms with Crippen LogP contribution in [0.25, 0.3) is 0 Å². The predicted molar refractivity (Wildman–Crippen MR) is 49.2 cm³/mol. The third-order valence-electron chi connectivity index (χ3n) is 2.54. The van der Waals surface area contributed by atoms with Crippen molar-refractivity contribution in [3.63, 3.8) is 0 Å². The van der Waals surface area contributed by atoms with E-state index < -0.39 is 35.3 Å². The summed E-state index contributed by atoms with van der Waals surface area (Å²) in [6.07, 6.45) is -0.356. The number of halogens is 3. The van der Waals surface area contributed by atoms with E-state index in [0.29, 0.717) is 0 Å². The second-order valence-electron chi connectivity index (χ2n) is 3.73. The molecule has 1 saturated heterocycles. The van der Waals surface area contributed by atoms with E-state index in [0.717, 1.165) is 12.1 Å². The Bertz CT molecular complexity index is 499. The quantitative estimate of drug-likeness (QED) is 0.452. The molecule has 1 aliphatic rings. The monoisotopic (exact) mass is 244 g/mol. The topological polar surface area (TPSA) is 43.4 Å². The van der Waals surface area contributed by atoms with Crippen LogP contribution in [0.2, 0.25) is 0 Å². The summed E-state index contributed by atoms with van der Waals surface area (Å²) < 4.78 is 43.1. The molecule has 0 bridgehead atoms. The first-order valence-corrected chi connectivity index (χ1v) is 4.86. The summed E-state index contributed by atoms with van der Waals surface area (Å²) in [7, 11) is 0. The fourth-order valence-corrected chi connectivity index (χ4v) is 1.67. The Morgan fingerprint density at radius 2 is 1.88 bits per heavy atom. The van der Waals surface area contributed by atoms with Crippen molar-refractivity contribution < 1.29 is 27.5 Å². The van der Waals surface area contributed by atoms with Gasteiger partial charge in [0.05, 0.1) is 12.3 Å². The molecule has 1 heterocycles. The van der Waals surface area contributed by atoms with E-state index in [1.165, 1.54) is 0 Å². The van der Waals surface area contributed by atoms with Crippen molar-refractivity contribution in [1.82, 2.24) is 0 Å². The van der Waals surface area contributed by atoms with Crippen molar-refractivity contribution in [3.05, 3.63) is 35.1 Å². The third-order valence-corrected chi connectivity index (χ3v) is 2.54. The zero-order valence-corrected chi connectivity index (χ0v) is 8.50. The molecule has 90 valence electrons. The largest absolute Gasteiger partial charge is 0.393 e. The number of ether oxygens (including phenoxy) is 1. The minimum atomic E-state index is -1.58. The van der Waals surface area contributed by atoms with E-state index >= 15 is 0 Å². The molecule has 1 aliphatic heterocycles. The van der Waals surface area contributed by atoms with Gasteiger partial charge in [0.1, 0.15) is 0 Å². The SMILES string of the molecule is O=C1CC(Cc2ccc(F)c(F)c2F)C(=O)O1. The van der Waals surface area contributed by atoms with Crippen LogP contribution < -0.4 is 0 Å². The molecule has 1 atom stereocenters. The van der Waals surface area contributed by atoms with Crippen LogP contribution in [0.15, 0.2) is 12.1 Å². The number of benzene rings is 1. The molecule has 17 heavy (non-hydrogen) atoms. The first-order chi connectivity index (χ1) is 7.99. The van der Waals surface area contributed by atoms with Gasteiger partial charge in [0.2, 0.25) is 0 Å². The van der Waals surface area contributed by atoms with Gasteiger partial charge in [0.15, 0.2) is 17.5 Å². The van der Waals surface area contributed by atoms with Gasteiger partial charge in [-0.05, 0) is 18.1 Å². The fraction of sp³-hybridized carbons (Fsp3) is 0.273. The van der Waals surface area contributed by atoms with Gasteiger partial charge in [-0.2, -0.15) is 0 Å².